The highest BCUT2D eigenvalue weighted by atomic mass is 16.7. The van der Waals surface area contributed by atoms with E-state index in [0.29, 0.717) is 31.5 Å². The fourth-order valence-electron chi connectivity index (χ4n) is 3.23. The summed E-state index contributed by atoms with van der Waals surface area (Å²) in [4.78, 5) is 6.79. The molecule has 0 aliphatic carbocycles. The van der Waals surface area contributed by atoms with Gasteiger partial charge in [0.05, 0.1) is 26.9 Å². The van der Waals surface area contributed by atoms with Crippen molar-refractivity contribution in [3.8, 4) is 17.1 Å². The number of ether oxygens (including phenoxy) is 3. The monoisotopic (exact) mass is 331 g/mol. The van der Waals surface area contributed by atoms with Crippen LogP contribution in [0.3, 0.4) is 0 Å². The molecular weight excluding hydrogens is 310 g/mol. The number of rotatable bonds is 4. The van der Waals surface area contributed by atoms with Crippen LogP contribution in [0.4, 0.5) is 0 Å². The van der Waals surface area contributed by atoms with E-state index in [2.05, 4.69) is 15.0 Å². The molecule has 3 heterocycles. The van der Waals surface area contributed by atoms with Crippen LogP contribution in [0.25, 0.3) is 11.4 Å². The standard InChI is InChI=1S/C17H21N3O4/c1-21-14-4-2-3-13(11-14)16-18-15(24-19-16)12-20-7-5-17(6-8-20)22-9-10-23-17/h2-4,11H,5-10,12H2,1H3. The molecule has 0 bridgehead atoms. The van der Waals surface area contributed by atoms with Gasteiger partial charge < -0.3 is 18.7 Å². The maximum Gasteiger partial charge on any atom is 0.241 e. The first-order valence-electron chi connectivity index (χ1n) is 8.24. The number of hydrogen-bond acceptors (Lipinski definition) is 7. The van der Waals surface area contributed by atoms with Crippen molar-refractivity contribution < 1.29 is 18.7 Å². The molecule has 2 saturated heterocycles. The molecule has 0 radical (unpaired) electrons. The summed E-state index contributed by atoms with van der Waals surface area (Å²) in [6.07, 6.45) is 1.76. The van der Waals surface area contributed by atoms with Crippen LogP contribution in [-0.2, 0) is 16.0 Å². The second-order valence-corrected chi connectivity index (χ2v) is 6.13. The van der Waals surface area contributed by atoms with E-state index in [4.69, 9.17) is 18.7 Å². The molecule has 0 N–H and O–H groups in total. The van der Waals surface area contributed by atoms with Gasteiger partial charge in [-0.3, -0.25) is 4.90 Å². The molecule has 128 valence electrons. The Hall–Kier alpha value is -1.96. The van der Waals surface area contributed by atoms with Gasteiger partial charge in [0.15, 0.2) is 5.79 Å². The van der Waals surface area contributed by atoms with Crippen LogP contribution >= 0.6 is 0 Å². The van der Waals surface area contributed by atoms with Gasteiger partial charge in [-0.05, 0) is 12.1 Å². The van der Waals surface area contributed by atoms with Crippen molar-refractivity contribution in [3.63, 3.8) is 0 Å². The maximum atomic E-state index is 5.75. The first kappa shape index (κ1) is 15.6. The second kappa shape index (κ2) is 6.51. The minimum atomic E-state index is -0.350. The Labute approximate surface area is 140 Å². The van der Waals surface area contributed by atoms with Gasteiger partial charge >= 0.3 is 0 Å². The van der Waals surface area contributed by atoms with E-state index in [-0.39, 0.29) is 5.79 Å². The summed E-state index contributed by atoms with van der Waals surface area (Å²) >= 11 is 0. The van der Waals surface area contributed by atoms with Crippen LogP contribution in [0.1, 0.15) is 18.7 Å². The zero-order chi connectivity index (χ0) is 16.4. The topological polar surface area (TPSA) is 69.9 Å². The Morgan fingerprint density at radius 2 is 2.00 bits per heavy atom. The molecule has 0 unspecified atom stereocenters. The Bertz CT molecular complexity index is 687. The average molecular weight is 331 g/mol. The zero-order valence-electron chi connectivity index (χ0n) is 13.7. The van der Waals surface area contributed by atoms with Gasteiger partial charge in [-0.15, -0.1) is 0 Å². The molecule has 0 saturated carbocycles. The molecule has 7 nitrogen and oxygen atoms in total. The first-order valence-corrected chi connectivity index (χ1v) is 8.24. The summed E-state index contributed by atoms with van der Waals surface area (Å²) in [6, 6.07) is 7.64. The lowest BCUT2D eigenvalue weighted by Gasteiger charge is -2.36. The molecule has 2 aliphatic rings. The van der Waals surface area contributed by atoms with Gasteiger partial charge in [-0.25, -0.2) is 0 Å². The summed E-state index contributed by atoms with van der Waals surface area (Å²) in [6.45, 7) is 3.85. The number of benzene rings is 1. The number of likely N-dealkylation sites (tertiary alicyclic amines) is 1. The summed E-state index contributed by atoms with van der Waals surface area (Å²) in [5.74, 6) is 1.63. The largest absolute Gasteiger partial charge is 0.497 e. The SMILES string of the molecule is COc1cccc(-c2noc(CN3CCC4(CC3)OCCO4)n2)c1. The quantitative estimate of drug-likeness (QED) is 0.849. The Morgan fingerprint density at radius 1 is 1.21 bits per heavy atom. The van der Waals surface area contributed by atoms with Crippen molar-refractivity contribution in [1.29, 1.82) is 0 Å². The number of hydrogen-bond donors (Lipinski definition) is 0. The van der Waals surface area contributed by atoms with Crippen molar-refractivity contribution in [3.05, 3.63) is 30.2 Å². The smallest absolute Gasteiger partial charge is 0.241 e. The molecule has 1 aromatic carbocycles. The Morgan fingerprint density at radius 3 is 2.75 bits per heavy atom. The van der Waals surface area contributed by atoms with E-state index < -0.39 is 0 Å². The molecule has 7 heteroatoms. The van der Waals surface area contributed by atoms with Crippen LogP contribution in [0.15, 0.2) is 28.8 Å². The Balaban J connectivity index is 1.39. The summed E-state index contributed by atoms with van der Waals surface area (Å²) in [5.41, 5.74) is 0.884. The first-order chi connectivity index (χ1) is 11.8. The van der Waals surface area contributed by atoms with E-state index in [9.17, 15) is 0 Å². The van der Waals surface area contributed by atoms with Crippen LogP contribution in [0.5, 0.6) is 5.75 Å². The number of nitrogens with zero attached hydrogens (tertiary/aromatic N) is 3. The Kier molecular flexibility index (Phi) is 4.22. The summed E-state index contributed by atoms with van der Waals surface area (Å²) in [5, 5.41) is 4.08. The summed E-state index contributed by atoms with van der Waals surface area (Å²) in [7, 11) is 1.64. The highest BCUT2D eigenvalue weighted by molar-refractivity contribution is 5.56. The van der Waals surface area contributed by atoms with Crippen molar-refractivity contribution in [2.45, 2.75) is 25.2 Å². The lowest BCUT2D eigenvalue weighted by Crippen LogP contribution is -2.44. The molecule has 2 aliphatic heterocycles. The van der Waals surface area contributed by atoms with Crippen molar-refractivity contribution in [2.75, 3.05) is 33.4 Å². The zero-order valence-corrected chi connectivity index (χ0v) is 13.7. The van der Waals surface area contributed by atoms with Gasteiger partial charge in [0.1, 0.15) is 5.75 Å². The molecule has 1 aromatic heterocycles. The van der Waals surface area contributed by atoms with Gasteiger partial charge in [0.2, 0.25) is 11.7 Å². The predicted molar refractivity (Wildman–Crippen MR) is 85.4 cm³/mol. The second-order valence-electron chi connectivity index (χ2n) is 6.13. The van der Waals surface area contributed by atoms with Crippen molar-refractivity contribution in [2.24, 2.45) is 0 Å². The molecule has 2 fully saturated rings. The van der Waals surface area contributed by atoms with E-state index in [1.54, 1.807) is 7.11 Å². The highest BCUT2D eigenvalue weighted by Gasteiger charge is 2.39. The summed E-state index contributed by atoms with van der Waals surface area (Å²) < 4.78 is 22.1. The minimum absolute atomic E-state index is 0.350. The fraction of sp³-hybridized carbons (Fsp3) is 0.529. The van der Waals surface area contributed by atoms with Crippen LogP contribution in [0.2, 0.25) is 0 Å². The van der Waals surface area contributed by atoms with Gasteiger partial charge in [0.25, 0.3) is 0 Å². The fourth-order valence-corrected chi connectivity index (χ4v) is 3.23. The lowest BCUT2D eigenvalue weighted by atomic mass is 10.0. The van der Waals surface area contributed by atoms with E-state index in [1.165, 1.54) is 0 Å². The number of methoxy groups -OCH3 is 1. The van der Waals surface area contributed by atoms with Gasteiger partial charge in [-0.1, -0.05) is 17.3 Å². The van der Waals surface area contributed by atoms with E-state index in [0.717, 1.165) is 37.2 Å². The number of aromatic nitrogens is 2. The van der Waals surface area contributed by atoms with E-state index in [1.807, 2.05) is 24.3 Å². The minimum Gasteiger partial charge on any atom is -0.497 e. The molecule has 0 amide bonds. The van der Waals surface area contributed by atoms with Crippen LogP contribution < -0.4 is 4.74 Å². The highest BCUT2D eigenvalue weighted by Crippen LogP contribution is 2.31. The van der Waals surface area contributed by atoms with E-state index >= 15 is 0 Å². The van der Waals surface area contributed by atoms with Crippen LogP contribution in [-0.4, -0.2) is 54.2 Å². The van der Waals surface area contributed by atoms with Crippen molar-refractivity contribution >= 4 is 0 Å². The number of piperidine rings is 1. The molecule has 24 heavy (non-hydrogen) atoms. The van der Waals surface area contributed by atoms with Gasteiger partial charge in [-0.2, -0.15) is 4.98 Å². The predicted octanol–water partition coefficient (Wildman–Crippen LogP) is 2.08. The van der Waals surface area contributed by atoms with Crippen molar-refractivity contribution in [1.82, 2.24) is 15.0 Å². The molecular formula is C17H21N3O4. The molecule has 1 spiro atoms. The molecule has 2 aromatic rings. The lowest BCUT2D eigenvalue weighted by molar-refractivity contribution is -0.186. The third-order valence-corrected chi connectivity index (χ3v) is 4.59. The van der Waals surface area contributed by atoms with Gasteiger partial charge in [0, 0.05) is 31.5 Å². The third-order valence-electron chi connectivity index (χ3n) is 4.59. The molecule has 4 rings (SSSR count). The average Bonchev–Trinajstić information content (AvgIpc) is 3.27. The molecule has 0 atom stereocenters. The normalized spacial score (nSPS) is 20.5. The third kappa shape index (κ3) is 3.15. The van der Waals surface area contributed by atoms with Crippen LogP contribution in [0, 0.1) is 0 Å². The maximum absolute atomic E-state index is 5.75.